The number of carboxylic acid groups (broad SMARTS) is 1. The molecule has 160 valence electrons. The summed E-state index contributed by atoms with van der Waals surface area (Å²) in [7, 11) is 0. The highest BCUT2D eigenvalue weighted by Crippen LogP contribution is 2.36. The lowest BCUT2D eigenvalue weighted by Gasteiger charge is -2.46. The molecular formula is C23H44O4. The predicted molar refractivity (Wildman–Crippen MR) is 111 cm³/mol. The van der Waals surface area contributed by atoms with Crippen LogP contribution in [0, 0.1) is 11.8 Å². The first-order chi connectivity index (χ1) is 12.8. The van der Waals surface area contributed by atoms with Gasteiger partial charge in [0.15, 0.2) is 5.79 Å². The van der Waals surface area contributed by atoms with E-state index < -0.39 is 17.7 Å². The summed E-state index contributed by atoms with van der Waals surface area (Å²) < 4.78 is 12.1. The van der Waals surface area contributed by atoms with Crippen LogP contribution in [-0.4, -0.2) is 29.1 Å². The van der Waals surface area contributed by atoms with Crippen molar-refractivity contribution >= 4 is 5.97 Å². The average molecular weight is 385 g/mol. The first kappa shape index (κ1) is 24.4. The smallest absolute Gasteiger partial charge is 0.308 e. The number of rotatable bonds is 14. The molecule has 1 aliphatic heterocycles. The van der Waals surface area contributed by atoms with Gasteiger partial charge in [-0.05, 0) is 27.2 Å². The number of carbonyl (C=O) groups is 1. The first-order valence-electron chi connectivity index (χ1n) is 11.4. The second-order valence-corrected chi connectivity index (χ2v) is 8.95. The minimum Gasteiger partial charge on any atom is -0.481 e. The maximum atomic E-state index is 11.4. The Hall–Kier alpha value is -0.610. The van der Waals surface area contributed by atoms with E-state index >= 15 is 0 Å². The number of hydrogen-bond acceptors (Lipinski definition) is 3. The van der Waals surface area contributed by atoms with E-state index in [0.29, 0.717) is 0 Å². The third-order valence-corrected chi connectivity index (χ3v) is 5.93. The van der Waals surface area contributed by atoms with Gasteiger partial charge in [0.2, 0.25) is 0 Å². The minimum atomic E-state index is -0.794. The zero-order chi connectivity index (χ0) is 20.3. The molecule has 1 saturated heterocycles. The van der Waals surface area contributed by atoms with Crippen molar-refractivity contribution in [3.8, 4) is 0 Å². The summed E-state index contributed by atoms with van der Waals surface area (Å²) in [4.78, 5) is 11.4. The van der Waals surface area contributed by atoms with Crippen molar-refractivity contribution < 1.29 is 19.4 Å². The van der Waals surface area contributed by atoms with Crippen molar-refractivity contribution in [2.45, 2.75) is 130 Å². The molecule has 0 bridgehead atoms. The van der Waals surface area contributed by atoms with Gasteiger partial charge in [-0.25, -0.2) is 0 Å². The first-order valence-corrected chi connectivity index (χ1v) is 11.4. The van der Waals surface area contributed by atoms with Gasteiger partial charge in [-0.3, -0.25) is 4.79 Å². The SMILES string of the molecule is CCCCCCCCCCCCCC1OC(C)(C)OC(C(C)C(=O)O)C1C. The average Bonchev–Trinajstić information content (AvgIpc) is 2.61. The van der Waals surface area contributed by atoms with Gasteiger partial charge in [-0.15, -0.1) is 0 Å². The maximum absolute atomic E-state index is 11.4. The Labute approximate surface area is 167 Å². The molecule has 4 heteroatoms. The lowest BCUT2D eigenvalue weighted by Crippen LogP contribution is -2.53. The molecular weight excluding hydrogens is 340 g/mol. The number of unbranched alkanes of at least 4 members (excludes halogenated alkanes) is 10. The van der Waals surface area contributed by atoms with E-state index in [9.17, 15) is 9.90 Å². The standard InChI is InChI=1S/C23H44O4/c1-6-7-8-9-10-11-12-13-14-15-16-17-20-18(2)21(19(3)22(24)25)27-23(4,5)26-20/h18-21H,6-17H2,1-5H3,(H,24,25). The Bertz CT molecular complexity index is 407. The van der Waals surface area contributed by atoms with E-state index in [4.69, 9.17) is 9.47 Å². The highest BCUT2D eigenvalue weighted by atomic mass is 16.7. The van der Waals surface area contributed by atoms with Gasteiger partial charge in [0.05, 0.1) is 18.1 Å². The van der Waals surface area contributed by atoms with Crippen LogP contribution in [-0.2, 0) is 14.3 Å². The monoisotopic (exact) mass is 384 g/mol. The molecule has 1 aliphatic rings. The molecule has 1 rings (SSSR count). The Kier molecular flexibility index (Phi) is 11.6. The van der Waals surface area contributed by atoms with E-state index in [1.54, 1.807) is 6.92 Å². The van der Waals surface area contributed by atoms with Crippen LogP contribution in [0.3, 0.4) is 0 Å². The lowest BCUT2D eigenvalue weighted by atomic mass is 9.85. The highest BCUT2D eigenvalue weighted by molar-refractivity contribution is 5.70. The van der Waals surface area contributed by atoms with Crippen LogP contribution in [0.5, 0.6) is 0 Å². The molecule has 0 amide bonds. The second-order valence-electron chi connectivity index (χ2n) is 8.95. The van der Waals surface area contributed by atoms with E-state index in [1.165, 1.54) is 64.2 Å². The van der Waals surface area contributed by atoms with Crippen molar-refractivity contribution in [3.05, 3.63) is 0 Å². The summed E-state index contributed by atoms with van der Waals surface area (Å²) in [5, 5.41) is 9.36. The zero-order valence-electron chi connectivity index (χ0n) is 18.5. The van der Waals surface area contributed by atoms with Crippen LogP contribution in [0.4, 0.5) is 0 Å². The second kappa shape index (κ2) is 12.8. The fourth-order valence-electron chi connectivity index (χ4n) is 4.18. The Balaban J connectivity index is 2.22. The summed E-state index contributed by atoms with van der Waals surface area (Å²) in [6.45, 7) is 9.87. The summed E-state index contributed by atoms with van der Waals surface area (Å²) in [6.07, 6.45) is 15.5. The minimum absolute atomic E-state index is 0.0825. The number of aliphatic carboxylic acids is 1. The summed E-state index contributed by atoms with van der Waals surface area (Å²) in [5.74, 6) is -1.91. The van der Waals surface area contributed by atoms with Gasteiger partial charge >= 0.3 is 5.97 Å². The molecule has 0 aromatic rings. The van der Waals surface area contributed by atoms with Gasteiger partial charge < -0.3 is 14.6 Å². The molecule has 0 aromatic carbocycles. The van der Waals surface area contributed by atoms with E-state index in [1.807, 2.05) is 13.8 Å². The maximum Gasteiger partial charge on any atom is 0.308 e. The van der Waals surface area contributed by atoms with Crippen molar-refractivity contribution in [2.24, 2.45) is 11.8 Å². The van der Waals surface area contributed by atoms with Crippen molar-refractivity contribution in [2.75, 3.05) is 0 Å². The van der Waals surface area contributed by atoms with Crippen molar-refractivity contribution in [1.82, 2.24) is 0 Å². The van der Waals surface area contributed by atoms with E-state index in [-0.39, 0.29) is 18.1 Å². The van der Waals surface area contributed by atoms with Gasteiger partial charge in [-0.2, -0.15) is 0 Å². The third kappa shape index (κ3) is 9.43. The fraction of sp³-hybridized carbons (Fsp3) is 0.957. The molecule has 1 heterocycles. The molecule has 0 aliphatic carbocycles. The topological polar surface area (TPSA) is 55.8 Å². The van der Waals surface area contributed by atoms with Gasteiger partial charge in [0.25, 0.3) is 0 Å². The molecule has 4 atom stereocenters. The van der Waals surface area contributed by atoms with Crippen LogP contribution in [0.2, 0.25) is 0 Å². The van der Waals surface area contributed by atoms with Crippen LogP contribution in [0.15, 0.2) is 0 Å². The molecule has 4 nitrogen and oxygen atoms in total. The molecule has 0 spiro atoms. The number of hydrogen-bond donors (Lipinski definition) is 1. The molecule has 1 fully saturated rings. The number of ether oxygens (including phenoxy) is 2. The van der Waals surface area contributed by atoms with Gasteiger partial charge in [0.1, 0.15) is 0 Å². The molecule has 0 saturated carbocycles. The third-order valence-electron chi connectivity index (χ3n) is 5.93. The van der Waals surface area contributed by atoms with Gasteiger partial charge in [0, 0.05) is 5.92 Å². The fourth-order valence-corrected chi connectivity index (χ4v) is 4.18. The largest absolute Gasteiger partial charge is 0.481 e. The quantitative estimate of drug-likeness (QED) is 0.344. The van der Waals surface area contributed by atoms with Crippen molar-refractivity contribution in [3.63, 3.8) is 0 Å². The normalized spacial score (nSPS) is 26.0. The molecule has 0 aromatic heterocycles. The molecule has 0 radical (unpaired) electrons. The van der Waals surface area contributed by atoms with Crippen LogP contribution < -0.4 is 0 Å². The molecule has 27 heavy (non-hydrogen) atoms. The summed E-state index contributed by atoms with van der Waals surface area (Å²) in [5.41, 5.74) is 0. The van der Waals surface area contributed by atoms with Crippen LogP contribution in [0.1, 0.15) is 112 Å². The zero-order valence-corrected chi connectivity index (χ0v) is 18.5. The van der Waals surface area contributed by atoms with Crippen LogP contribution in [0.25, 0.3) is 0 Å². The summed E-state index contributed by atoms with van der Waals surface area (Å²) >= 11 is 0. The van der Waals surface area contributed by atoms with Gasteiger partial charge in [-0.1, -0.05) is 84.5 Å². The molecule has 4 unspecified atom stereocenters. The lowest BCUT2D eigenvalue weighted by molar-refractivity contribution is -0.326. The van der Waals surface area contributed by atoms with E-state index in [0.717, 1.165) is 12.8 Å². The van der Waals surface area contributed by atoms with Crippen molar-refractivity contribution in [1.29, 1.82) is 0 Å². The Morgan fingerprint density at radius 2 is 1.41 bits per heavy atom. The Morgan fingerprint density at radius 3 is 1.89 bits per heavy atom. The summed E-state index contributed by atoms with van der Waals surface area (Å²) in [6, 6.07) is 0. The highest BCUT2D eigenvalue weighted by Gasteiger charge is 2.44. The molecule has 1 N–H and O–H groups in total. The van der Waals surface area contributed by atoms with E-state index in [2.05, 4.69) is 13.8 Å². The number of carboxylic acids is 1. The predicted octanol–water partition coefficient (Wildman–Crippen LogP) is 6.56. The Morgan fingerprint density at radius 1 is 0.926 bits per heavy atom. The van der Waals surface area contributed by atoms with Crippen LogP contribution >= 0.6 is 0 Å².